The number of carbonyl (C=O) groups excluding carboxylic acids is 3. The zero-order valence-electron chi connectivity index (χ0n) is 22.7. The van der Waals surface area contributed by atoms with Gasteiger partial charge in [-0.3, -0.25) is 19.2 Å². The lowest BCUT2D eigenvalue weighted by molar-refractivity contribution is -0.140. The summed E-state index contributed by atoms with van der Waals surface area (Å²) >= 11 is 2.93. The summed E-state index contributed by atoms with van der Waals surface area (Å²) in [6.45, 7) is 3.54. The van der Waals surface area contributed by atoms with E-state index in [-0.39, 0.29) is 23.9 Å². The Bertz CT molecular complexity index is 1290. The molecule has 10 heteroatoms. The molecule has 3 N–H and O–H groups in total. The van der Waals surface area contributed by atoms with Gasteiger partial charge in [-0.15, -0.1) is 11.8 Å². The number of thiophene rings is 1. The number of amides is 2. The van der Waals surface area contributed by atoms with Crippen molar-refractivity contribution in [2.45, 2.75) is 44.5 Å². The number of nitrogens with one attached hydrogen (secondary N) is 2. The number of hydrogen-bond donors (Lipinski definition) is 3. The molecule has 0 aliphatic rings. The van der Waals surface area contributed by atoms with E-state index in [1.807, 2.05) is 59.3 Å². The maximum atomic E-state index is 13.2. The van der Waals surface area contributed by atoms with Crippen LogP contribution in [0.4, 0.5) is 0 Å². The number of rotatable bonds is 15. The molecule has 0 bridgehead atoms. The minimum absolute atomic E-state index is 0.0226. The molecule has 1 heterocycles. The Balaban J connectivity index is 1.65. The minimum Gasteiger partial charge on any atom is -0.496 e. The number of carboxylic acids is 1. The molecular formula is C30H34N2O6S2. The molecule has 3 aromatic rings. The van der Waals surface area contributed by atoms with Crippen molar-refractivity contribution in [1.82, 2.24) is 10.6 Å². The standard InChI is InChI=1S/C30H34N2O6S2/c1-19(2)29(32-27(34)14-23-13-21(9-10-26(23)38-3)22-11-12-39-17-22)30(37)31-24(15-28(35)36)25(33)18-40-16-20-7-5-4-6-8-20/h4-13,17,19,24,29H,14-16,18H2,1-3H3,(H,31,37)(H,32,34)(H,35,36)/t24-,29-/m0/s1. The van der Waals surface area contributed by atoms with Crippen LogP contribution in [0.15, 0.2) is 65.4 Å². The van der Waals surface area contributed by atoms with Crippen molar-refractivity contribution in [2.75, 3.05) is 12.9 Å². The third-order valence-electron chi connectivity index (χ3n) is 6.19. The van der Waals surface area contributed by atoms with Gasteiger partial charge in [0.05, 0.1) is 31.7 Å². The average Bonchev–Trinajstić information content (AvgIpc) is 3.46. The number of benzene rings is 2. The van der Waals surface area contributed by atoms with Crippen LogP contribution < -0.4 is 15.4 Å². The van der Waals surface area contributed by atoms with Crippen LogP contribution >= 0.6 is 23.1 Å². The number of methoxy groups -OCH3 is 1. The lowest BCUT2D eigenvalue weighted by Gasteiger charge is -2.25. The van der Waals surface area contributed by atoms with Gasteiger partial charge in [-0.2, -0.15) is 11.3 Å². The molecule has 0 aliphatic heterocycles. The van der Waals surface area contributed by atoms with Crippen molar-refractivity contribution in [2.24, 2.45) is 5.92 Å². The minimum atomic E-state index is -1.20. The molecule has 2 atom stereocenters. The van der Waals surface area contributed by atoms with Crippen LogP contribution in [0, 0.1) is 5.92 Å². The maximum absolute atomic E-state index is 13.2. The molecule has 8 nitrogen and oxygen atoms in total. The highest BCUT2D eigenvalue weighted by molar-refractivity contribution is 7.99. The SMILES string of the molecule is COc1ccc(-c2ccsc2)cc1CC(=O)N[C@H](C(=O)N[C@@H](CC(=O)O)C(=O)CSCc1ccccc1)C(C)C. The van der Waals surface area contributed by atoms with Crippen LogP contribution in [-0.2, 0) is 31.4 Å². The Hall–Kier alpha value is -3.63. The fraction of sp³-hybridized carbons (Fsp3) is 0.333. The Morgan fingerprint density at radius 3 is 2.38 bits per heavy atom. The van der Waals surface area contributed by atoms with Crippen LogP contribution in [0.3, 0.4) is 0 Å². The lowest BCUT2D eigenvalue weighted by atomic mass is 10.00. The average molecular weight is 583 g/mol. The molecule has 3 rings (SSSR count). The molecule has 2 amide bonds. The van der Waals surface area contributed by atoms with E-state index in [1.165, 1.54) is 18.9 Å². The van der Waals surface area contributed by atoms with Gasteiger partial charge in [0.1, 0.15) is 11.8 Å². The first-order valence-electron chi connectivity index (χ1n) is 12.8. The van der Waals surface area contributed by atoms with Gasteiger partial charge in [0, 0.05) is 11.3 Å². The molecule has 0 fully saturated rings. The molecule has 2 aromatic carbocycles. The predicted molar refractivity (Wildman–Crippen MR) is 159 cm³/mol. The summed E-state index contributed by atoms with van der Waals surface area (Å²) < 4.78 is 5.44. The van der Waals surface area contributed by atoms with Crippen LogP contribution in [0.5, 0.6) is 5.75 Å². The fourth-order valence-electron chi connectivity index (χ4n) is 4.08. The highest BCUT2D eigenvalue weighted by atomic mass is 32.2. The lowest BCUT2D eigenvalue weighted by Crippen LogP contribution is -2.54. The molecule has 0 unspecified atom stereocenters. The summed E-state index contributed by atoms with van der Waals surface area (Å²) in [7, 11) is 1.53. The molecule has 0 spiro atoms. The molecule has 212 valence electrons. The third-order valence-corrected chi connectivity index (χ3v) is 7.90. The monoisotopic (exact) mass is 582 g/mol. The first-order valence-corrected chi connectivity index (χ1v) is 14.9. The van der Waals surface area contributed by atoms with E-state index in [0.717, 1.165) is 16.7 Å². The number of carboxylic acid groups (broad SMARTS) is 1. The summed E-state index contributed by atoms with van der Waals surface area (Å²) in [5, 5.41) is 18.7. The van der Waals surface area contributed by atoms with Gasteiger partial charge in [-0.25, -0.2) is 0 Å². The largest absolute Gasteiger partial charge is 0.496 e. The van der Waals surface area contributed by atoms with Crippen molar-refractivity contribution in [3.05, 3.63) is 76.5 Å². The predicted octanol–water partition coefficient (Wildman–Crippen LogP) is 4.57. The molecular weight excluding hydrogens is 548 g/mol. The highest BCUT2D eigenvalue weighted by Crippen LogP contribution is 2.28. The Morgan fingerprint density at radius 1 is 1.00 bits per heavy atom. The zero-order valence-corrected chi connectivity index (χ0v) is 24.3. The van der Waals surface area contributed by atoms with Crippen LogP contribution in [-0.4, -0.2) is 53.6 Å². The van der Waals surface area contributed by atoms with Crippen molar-refractivity contribution >= 4 is 46.7 Å². The Morgan fingerprint density at radius 2 is 1.75 bits per heavy atom. The number of thioether (sulfide) groups is 1. The summed E-state index contributed by atoms with van der Waals surface area (Å²) in [6.07, 6.45) is -0.562. The fourth-order valence-corrected chi connectivity index (χ4v) is 5.68. The Labute approximate surface area is 242 Å². The summed E-state index contributed by atoms with van der Waals surface area (Å²) in [6, 6.07) is 15.0. The number of aliphatic carboxylic acids is 1. The molecule has 0 saturated carbocycles. The first-order chi connectivity index (χ1) is 19.2. The second-order valence-corrected chi connectivity index (χ2v) is 11.4. The molecule has 1 aromatic heterocycles. The van der Waals surface area contributed by atoms with Gasteiger partial charge in [-0.1, -0.05) is 50.2 Å². The van der Waals surface area contributed by atoms with Gasteiger partial charge >= 0.3 is 5.97 Å². The Kier molecular flexibility index (Phi) is 11.8. The van der Waals surface area contributed by atoms with Crippen LogP contribution in [0.25, 0.3) is 11.1 Å². The van der Waals surface area contributed by atoms with Gasteiger partial charge in [0.2, 0.25) is 11.8 Å². The van der Waals surface area contributed by atoms with Gasteiger partial charge in [-0.05, 0) is 51.6 Å². The molecule has 0 radical (unpaired) electrons. The number of ether oxygens (including phenoxy) is 1. The third kappa shape index (κ3) is 9.24. The second-order valence-electron chi connectivity index (χ2n) is 9.61. The van der Waals surface area contributed by atoms with E-state index >= 15 is 0 Å². The quantitative estimate of drug-likeness (QED) is 0.240. The van der Waals surface area contributed by atoms with Gasteiger partial charge < -0.3 is 20.5 Å². The molecule has 0 aliphatic carbocycles. The van der Waals surface area contributed by atoms with Gasteiger partial charge in [0.15, 0.2) is 5.78 Å². The van der Waals surface area contributed by atoms with E-state index in [0.29, 0.717) is 17.1 Å². The van der Waals surface area contributed by atoms with Crippen molar-refractivity contribution in [3.8, 4) is 16.9 Å². The van der Waals surface area contributed by atoms with E-state index in [9.17, 15) is 24.3 Å². The van der Waals surface area contributed by atoms with E-state index < -0.39 is 36.3 Å². The number of carbonyl (C=O) groups is 4. The summed E-state index contributed by atoms with van der Waals surface area (Å²) in [4.78, 5) is 50.6. The summed E-state index contributed by atoms with van der Waals surface area (Å²) in [5.74, 6) is -1.70. The van der Waals surface area contributed by atoms with Crippen LogP contribution in [0.1, 0.15) is 31.4 Å². The van der Waals surface area contributed by atoms with Gasteiger partial charge in [0.25, 0.3) is 0 Å². The first kappa shape index (κ1) is 30.9. The van der Waals surface area contributed by atoms with E-state index in [4.69, 9.17) is 4.74 Å². The number of ketones is 1. The van der Waals surface area contributed by atoms with Crippen molar-refractivity contribution in [3.63, 3.8) is 0 Å². The second kappa shape index (κ2) is 15.2. The van der Waals surface area contributed by atoms with E-state index in [2.05, 4.69) is 10.6 Å². The van der Waals surface area contributed by atoms with E-state index in [1.54, 1.807) is 31.3 Å². The number of hydrogen-bond acceptors (Lipinski definition) is 7. The zero-order chi connectivity index (χ0) is 29.1. The van der Waals surface area contributed by atoms with Crippen molar-refractivity contribution in [1.29, 1.82) is 0 Å². The maximum Gasteiger partial charge on any atom is 0.305 e. The van der Waals surface area contributed by atoms with Crippen molar-refractivity contribution < 1.29 is 29.0 Å². The topological polar surface area (TPSA) is 122 Å². The molecule has 40 heavy (non-hydrogen) atoms. The van der Waals surface area contributed by atoms with Crippen LogP contribution in [0.2, 0.25) is 0 Å². The number of Topliss-reactive ketones (excluding diaryl/α,β-unsaturated/α-hetero) is 1. The normalized spacial score (nSPS) is 12.4. The molecule has 0 saturated heterocycles. The highest BCUT2D eigenvalue weighted by Gasteiger charge is 2.30. The summed E-state index contributed by atoms with van der Waals surface area (Å²) in [5.41, 5.74) is 3.69. The smallest absolute Gasteiger partial charge is 0.305 e.